The molecule has 1 heterocycles. The first-order valence-electron chi connectivity index (χ1n) is 6.90. The van der Waals surface area contributed by atoms with E-state index in [4.69, 9.17) is 0 Å². The van der Waals surface area contributed by atoms with Gasteiger partial charge in [-0.05, 0) is 26.2 Å². The molecule has 1 aliphatic carbocycles. The monoisotopic (exact) mass is 339 g/mol. The highest BCUT2D eigenvalue weighted by molar-refractivity contribution is 7.92. The Morgan fingerprint density at radius 2 is 2.00 bits per heavy atom. The van der Waals surface area contributed by atoms with Crippen LogP contribution in [0.15, 0.2) is 0 Å². The van der Waals surface area contributed by atoms with Crippen LogP contribution in [-0.2, 0) is 29.4 Å². The van der Waals surface area contributed by atoms with Gasteiger partial charge < -0.3 is 4.74 Å². The van der Waals surface area contributed by atoms with E-state index >= 15 is 0 Å². The maximum absolute atomic E-state index is 12.5. The lowest BCUT2D eigenvalue weighted by atomic mass is 10.0. The molecule has 1 saturated heterocycles. The number of sulfone groups is 1. The molecular weight excluding hydrogens is 318 g/mol. The van der Waals surface area contributed by atoms with Crippen LogP contribution in [0.3, 0.4) is 0 Å². The summed E-state index contributed by atoms with van der Waals surface area (Å²) in [5.41, 5.74) is -0.985. The third kappa shape index (κ3) is 3.57. The van der Waals surface area contributed by atoms with Crippen LogP contribution in [0.2, 0.25) is 0 Å². The predicted octanol–water partition coefficient (Wildman–Crippen LogP) is -0.175. The smallest absolute Gasteiger partial charge is 0.310 e. The Bertz CT molecular complexity index is 626. The fourth-order valence-electron chi connectivity index (χ4n) is 3.23. The lowest BCUT2D eigenvalue weighted by Gasteiger charge is -2.27. The van der Waals surface area contributed by atoms with Gasteiger partial charge in [-0.25, -0.2) is 21.6 Å². The summed E-state index contributed by atoms with van der Waals surface area (Å²) in [6.45, 7) is 1.59. The highest BCUT2D eigenvalue weighted by Crippen LogP contribution is 2.33. The minimum absolute atomic E-state index is 0.0167. The van der Waals surface area contributed by atoms with Crippen LogP contribution in [-0.4, -0.2) is 52.2 Å². The van der Waals surface area contributed by atoms with Gasteiger partial charge in [-0.15, -0.1) is 0 Å². The zero-order valence-electron chi connectivity index (χ0n) is 12.2. The predicted molar refractivity (Wildman–Crippen MR) is 76.9 cm³/mol. The van der Waals surface area contributed by atoms with Gasteiger partial charge in [0.05, 0.1) is 29.8 Å². The molecule has 0 spiro atoms. The molecular formula is C12H21NO6S2. The number of methoxy groups -OCH3 is 1. The van der Waals surface area contributed by atoms with Crippen molar-refractivity contribution in [2.24, 2.45) is 5.92 Å². The van der Waals surface area contributed by atoms with E-state index in [1.165, 1.54) is 7.11 Å². The molecule has 7 nitrogen and oxygen atoms in total. The van der Waals surface area contributed by atoms with Gasteiger partial charge in [0.15, 0.2) is 9.84 Å². The van der Waals surface area contributed by atoms with E-state index in [9.17, 15) is 21.6 Å². The molecule has 3 unspecified atom stereocenters. The SMILES string of the molecule is COC(=O)C1CCCC1S(=O)(=O)NC1(C)CCS(=O)(=O)C1. The molecule has 0 bridgehead atoms. The number of carbonyl (C=O) groups is 1. The molecule has 1 N–H and O–H groups in total. The third-order valence-electron chi connectivity index (χ3n) is 4.25. The van der Waals surface area contributed by atoms with E-state index < -0.39 is 42.5 Å². The number of hydrogen-bond acceptors (Lipinski definition) is 6. The van der Waals surface area contributed by atoms with E-state index in [-0.39, 0.29) is 17.9 Å². The number of carbonyl (C=O) groups excluding carboxylic acids is 1. The average molecular weight is 339 g/mol. The average Bonchev–Trinajstić information content (AvgIpc) is 2.93. The largest absolute Gasteiger partial charge is 0.469 e. The van der Waals surface area contributed by atoms with Crippen molar-refractivity contribution < 1.29 is 26.4 Å². The number of esters is 1. The molecule has 9 heteroatoms. The molecule has 0 aromatic heterocycles. The number of sulfonamides is 1. The zero-order chi connectivity index (χ0) is 15.9. The topological polar surface area (TPSA) is 107 Å². The summed E-state index contributed by atoms with van der Waals surface area (Å²) < 4.78 is 55.4. The van der Waals surface area contributed by atoms with Gasteiger partial charge in [-0.3, -0.25) is 4.79 Å². The van der Waals surface area contributed by atoms with Gasteiger partial charge in [0.25, 0.3) is 0 Å². The summed E-state index contributed by atoms with van der Waals surface area (Å²) in [7, 11) is -5.74. The second-order valence-electron chi connectivity index (χ2n) is 6.15. The number of nitrogens with one attached hydrogen (secondary N) is 1. The van der Waals surface area contributed by atoms with Crippen molar-refractivity contribution in [1.82, 2.24) is 4.72 Å². The van der Waals surface area contributed by atoms with Gasteiger partial charge in [0, 0.05) is 5.54 Å². The first kappa shape index (κ1) is 16.7. The Morgan fingerprint density at radius 1 is 1.33 bits per heavy atom. The Labute approximate surface area is 125 Å². The van der Waals surface area contributed by atoms with Crippen molar-refractivity contribution in [3.8, 4) is 0 Å². The third-order valence-corrected chi connectivity index (χ3v) is 8.29. The second kappa shape index (κ2) is 5.51. The fourth-order valence-corrected chi connectivity index (χ4v) is 7.58. The van der Waals surface area contributed by atoms with Gasteiger partial charge in [0.2, 0.25) is 10.0 Å². The number of ether oxygens (including phenoxy) is 1. The van der Waals surface area contributed by atoms with Gasteiger partial charge in [0.1, 0.15) is 0 Å². The van der Waals surface area contributed by atoms with Crippen LogP contribution in [0, 0.1) is 5.92 Å². The normalized spacial score (nSPS) is 35.7. The molecule has 0 aromatic rings. The minimum atomic E-state index is -3.77. The van der Waals surface area contributed by atoms with Crippen LogP contribution in [0.25, 0.3) is 0 Å². The highest BCUT2D eigenvalue weighted by Gasteiger charge is 2.47. The molecule has 2 fully saturated rings. The Morgan fingerprint density at radius 3 is 2.52 bits per heavy atom. The molecule has 0 amide bonds. The van der Waals surface area contributed by atoms with Crippen molar-refractivity contribution in [2.75, 3.05) is 18.6 Å². The summed E-state index contributed by atoms with van der Waals surface area (Å²) in [5.74, 6) is -1.41. The maximum atomic E-state index is 12.5. The second-order valence-corrected chi connectivity index (χ2v) is 10.2. The van der Waals surface area contributed by atoms with E-state index in [1.807, 2.05) is 0 Å². The molecule has 3 atom stereocenters. The zero-order valence-corrected chi connectivity index (χ0v) is 13.8. The molecule has 0 radical (unpaired) electrons. The van der Waals surface area contributed by atoms with Crippen LogP contribution >= 0.6 is 0 Å². The van der Waals surface area contributed by atoms with Gasteiger partial charge in [-0.2, -0.15) is 0 Å². The van der Waals surface area contributed by atoms with Crippen molar-refractivity contribution in [3.05, 3.63) is 0 Å². The summed E-state index contributed by atoms with van der Waals surface area (Å²) >= 11 is 0. The minimum Gasteiger partial charge on any atom is -0.469 e. The first-order valence-corrected chi connectivity index (χ1v) is 10.3. The standard InChI is InChI=1S/C12H21NO6S2/c1-12(6-7-20(15,16)8-12)13-21(17,18)10-5-3-4-9(10)11(14)19-2/h9-10,13H,3-8H2,1-2H3. The lowest BCUT2D eigenvalue weighted by molar-refractivity contribution is -0.145. The Balaban J connectivity index is 2.17. The van der Waals surface area contributed by atoms with Crippen LogP contribution < -0.4 is 4.72 Å². The molecule has 0 aromatic carbocycles. The molecule has 122 valence electrons. The molecule has 2 rings (SSSR count). The Kier molecular flexibility index (Phi) is 4.38. The van der Waals surface area contributed by atoms with Crippen LogP contribution in [0.4, 0.5) is 0 Å². The molecule has 1 saturated carbocycles. The first-order chi connectivity index (χ1) is 9.59. The number of hydrogen-bond donors (Lipinski definition) is 1. The van der Waals surface area contributed by atoms with Crippen molar-refractivity contribution in [2.45, 2.75) is 43.4 Å². The summed E-state index contributed by atoms with van der Waals surface area (Å²) in [6.07, 6.45) is 1.76. The van der Waals surface area contributed by atoms with Gasteiger partial charge in [-0.1, -0.05) is 6.42 Å². The van der Waals surface area contributed by atoms with E-state index in [2.05, 4.69) is 9.46 Å². The highest BCUT2D eigenvalue weighted by atomic mass is 32.2. The maximum Gasteiger partial charge on any atom is 0.310 e. The number of rotatable bonds is 4. The molecule has 21 heavy (non-hydrogen) atoms. The van der Waals surface area contributed by atoms with Gasteiger partial charge >= 0.3 is 5.97 Å². The summed E-state index contributed by atoms with van der Waals surface area (Å²) in [5, 5.41) is -0.843. The summed E-state index contributed by atoms with van der Waals surface area (Å²) in [6, 6.07) is 0. The van der Waals surface area contributed by atoms with E-state index in [0.29, 0.717) is 19.3 Å². The van der Waals surface area contributed by atoms with E-state index in [0.717, 1.165) is 0 Å². The van der Waals surface area contributed by atoms with Crippen molar-refractivity contribution in [3.63, 3.8) is 0 Å². The quantitative estimate of drug-likeness (QED) is 0.712. The fraction of sp³-hybridized carbons (Fsp3) is 0.917. The van der Waals surface area contributed by atoms with Crippen LogP contribution in [0.1, 0.15) is 32.6 Å². The summed E-state index contributed by atoms with van der Waals surface area (Å²) in [4.78, 5) is 11.7. The Hall–Kier alpha value is -0.670. The van der Waals surface area contributed by atoms with Crippen molar-refractivity contribution in [1.29, 1.82) is 0 Å². The molecule has 2 aliphatic rings. The molecule has 1 aliphatic heterocycles. The van der Waals surface area contributed by atoms with Crippen LogP contribution in [0.5, 0.6) is 0 Å². The lowest BCUT2D eigenvalue weighted by Crippen LogP contribution is -2.51. The van der Waals surface area contributed by atoms with Crippen molar-refractivity contribution >= 4 is 25.8 Å². The van der Waals surface area contributed by atoms with E-state index in [1.54, 1.807) is 6.92 Å².